The topological polar surface area (TPSA) is 113 Å². The fourth-order valence-corrected chi connectivity index (χ4v) is 4.23. The molecule has 5 rings (SSSR count). The summed E-state index contributed by atoms with van der Waals surface area (Å²) in [6.45, 7) is 0.430. The summed E-state index contributed by atoms with van der Waals surface area (Å²) in [7, 11) is 0. The third kappa shape index (κ3) is 3.64. The van der Waals surface area contributed by atoms with Gasteiger partial charge in [0.05, 0.1) is 23.1 Å². The quantitative estimate of drug-likeness (QED) is 0.284. The molecule has 0 radical (unpaired) electrons. The van der Waals surface area contributed by atoms with Crippen LogP contribution in [-0.4, -0.2) is 29.7 Å². The highest BCUT2D eigenvalue weighted by Gasteiger charge is 2.20. The molecule has 0 N–H and O–H groups in total. The first-order valence-electron chi connectivity index (χ1n) is 9.25. The lowest BCUT2D eigenvalue weighted by Gasteiger charge is -2.10. The zero-order valence-corrected chi connectivity index (χ0v) is 16.8. The zero-order chi connectivity index (χ0) is 21.2. The van der Waals surface area contributed by atoms with Crippen molar-refractivity contribution in [3.05, 3.63) is 89.4 Å². The summed E-state index contributed by atoms with van der Waals surface area (Å²) in [6.07, 6.45) is 8.16. The maximum absolute atomic E-state index is 11.4. The van der Waals surface area contributed by atoms with Crippen LogP contribution in [0.1, 0.15) is 5.76 Å². The Hall–Kier alpha value is -4.05. The number of nitro groups is 1. The second-order valence-electron chi connectivity index (χ2n) is 6.58. The molecule has 0 spiro atoms. The van der Waals surface area contributed by atoms with Crippen LogP contribution in [0.4, 0.5) is 5.69 Å². The molecule has 152 valence electrons. The van der Waals surface area contributed by atoms with Crippen LogP contribution < -0.4 is 0 Å². The summed E-state index contributed by atoms with van der Waals surface area (Å²) < 4.78 is 7.47. The highest BCUT2D eigenvalue weighted by molar-refractivity contribution is 7.99. The minimum atomic E-state index is -0.404. The van der Waals surface area contributed by atoms with Gasteiger partial charge in [-0.05, 0) is 48.2 Å². The molecule has 10 heteroatoms. The fourth-order valence-electron chi connectivity index (χ4n) is 3.27. The minimum Gasteiger partial charge on any atom is -0.467 e. The molecule has 31 heavy (non-hydrogen) atoms. The van der Waals surface area contributed by atoms with E-state index in [1.807, 2.05) is 28.8 Å². The first-order chi connectivity index (χ1) is 15.2. The van der Waals surface area contributed by atoms with Crippen LogP contribution in [0.15, 0.2) is 88.0 Å². The highest BCUT2D eigenvalue weighted by atomic mass is 32.2. The van der Waals surface area contributed by atoms with Crippen molar-refractivity contribution in [1.29, 1.82) is 0 Å². The van der Waals surface area contributed by atoms with Gasteiger partial charge in [-0.25, -0.2) is 0 Å². The van der Waals surface area contributed by atoms with Crippen molar-refractivity contribution in [2.24, 2.45) is 0 Å². The molecule has 0 aliphatic carbocycles. The highest BCUT2D eigenvalue weighted by Crippen LogP contribution is 2.37. The molecule has 4 heterocycles. The number of pyridine rings is 2. The standard InChI is InChI=1S/C21H14N6O3S/c28-27(29)18-5-6-19(16-7-9-23-12-17(16)18)31-21-25-24-20(14-3-1-8-22-11-14)26(21)13-15-4-2-10-30-15/h1-12H,13H2. The lowest BCUT2D eigenvalue weighted by atomic mass is 10.1. The van der Waals surface area contributed by atoms with Crippen LogP contribution in [0.5, 0.6) is 0 Å². The monoisotopic (exact) mass is 430 g/mol. The fraction of sp³-hybridized carbons (Fsp3) is 0.0476. The first kappa shape index (κ1) is 18.9. The normalized spacial score (nSPS) is 11.1. The van der Waals surface area contributed by atoms with E-state index in [9.17, 15) is 10.1 Å². The Morgan fingerprint density at radius 1 is 1.00 bits per heavy atom. The maximum Gasteiger partial charge on any atom is 0.278 e. The van der Waals surface area contributed by atoms with Gasteiger partial charge in [0, 0.05) is 46.7 Å². The second-order valence-corrected chi connectivity index (χ2v) is 7.59. The number of hydrogen-bond donors (Lipinski definition) is 0. The van der Waals surface area contributed by atoms with Crippen molar-refractivity contribution < 1.29 is 9.34 Å². The number of nitrogens with zero attached hydrogens (tertiary/aromatic N) is 6. The zero-order valence-electron chi connectivity index (χ0n) is 16.0. The van der Waals surface area contributed by atoms with Crippen molar-refractivity contribution in [2.45, 2.75) is 16.6 Å². The molecule has 0 saturated heterocycles. The van der Waals surface area contributed by atoms with Crippen LogP contribution in [0, 0.1) is 10.1 Å². The summed E-state index contributed by atoms with van der Waals surface area (Å²) in [6, 6.07) is 12.4. The number of benzene rings is 1. The second kappa shape index (κ2) is 8.00. The summed E-state index contributed by atoms with van der Waals surface area (Å²) >= 11 is 1.38. The van der Waals surface area contributed by atoms with Gasteiger partial charge in [-0.1, -0.05) is 0 Å². The molecule has 0 bridgehead atoms. The van der Waals surface area contributed by atoms with Crippen LogP contribution in [0.3, 0.4) is 0 Å². The van der Waals surface area contributed by atoms with E-state index in [1.54, 1.807) is 37.0 Å². The van der Waals surface area contributed by atoms with Gasteiger partial charge in [0.1, 0.15) is 5.76 Å². The van der Waals surface area contributed by atoms with Gasteiger partial charge in [0.15, 0.2) is 11.0 Å². The Morgan fingerprint density at radius 3 is 2.68 bits per heavy atom. The average Bonchev–Trinajstić information content (AvgIpc) is 3.45. The van der Waals surface area contributed by atoms with Crippen LogP contribution >= 0.6 is 11.8 Å². The van der Waals surface area contributed by atoms with Gasteiger partial charge >= 0.3 is 0 Å². The number of fused-ring (bicyclic) bond motifs is 1. The van der Waals surface area contributed by atoms with E-state index < -0.39 is 4.92 Å². The van der Waals surface area contributed by atoms with Gasteiger partial charge < -0.3 is 4.42 Å². The summed E-state index contributed by atoms with van der Waals surface area (Å²) in [4.78, 5) is 20.0. The molecule has 5 aromatic rings. The Balaban J connectivity index is 1.61. The Kier molecular flexibility index (Phi) is 4.89. The summed E-state index contributed by atoms with van der Waals surface area (Å²) in [5, 5.41) is 22.0. The number of non-ortho nitro benzene ring substituents is 1. The maximum atomic E-state index is 11.4. The number of hydrogen-bond acceptors (Lipinski definition) is 8. The number of aromatic nitrogens is 5. The number of rotatable bonds is 6. The van der Waals surface area contributed by atoms with Crippen molar-refractivity contribution in [1.82, 2.24) is 24.7 Å². The van der Waals surface area contributed by atoms with E-state index in [4.69, 9.17) is 4.42 Å². The predicted octanol–water partition coefficient (Wildman–Crippen LogP) is 4.59. The van der Waals surface area contributed by atoms with Crippen molar-refractivity contribution in [3.63, 3.8) is 0 Å². The molecule has 0 unspecified atom stereocenters. The molecule has 0 aliphatic rings. The molecule has 0 aliphatic heterocycles. The third-order valence-electron chi connectivity index (χ3n) is 4.68. The van der Waals surface area contributed by atoms with E-state index in [1.165, 1.54) is 24.0 Å². The van der Waals surface area contributed by atoms with Crippen LogP contribution in [-0.2, 0) is 6.54 Å². The summed E-state index contributed by atoms with van der Waals surface area (Å²) in [5.41, 5.74) is 0.840. The third-order valence-corrected chi connectivity index (χ3v) is 5.74. The van der Waals surface area contributed by atoms with Gasteiger partial charge in [-0.3, -0.25) is 24.6 Å². The molecule has 1 aromatic carbocycles. The van der Waals surface area contributed by atoms with E-state index in [-0.39, 0.29) is 5.69 Å². The molecule has 0 atom stereocenters. The van der Waals surface area contributed by atoms with E-state index in [0.29, 0.717) is 22.9 Å². The van der Waals surface area contributed by atoms with Gasteiger partial charge in [-0.15, -0.1) is 10.2 Å². The van der Waals surface area contributed by atoms with E-state index >= 15 is 0 Å². The molecular weight excluding hydrogens is 416 g/mol. The molecule has 0 amide bonds. The predicted molar refractivity (Wildman–Crippen MR) is 114 cm³/mol. The Morgan fingerprint density at radius 2 is 1.90 bits per heavy atom. The van der Waals surface area contributed by atoms with Gasteiger partial charge in [0.25, 0.3) is 5.69 Å². The molecule has 0 fully saturated rings. The SMILES string of the molecule is O=[N+]([O-])c1ccc(Sc2nnc(-c3cccnc3)n2Cc2ccco2)c2ccncc12. The number of nitro benzene ring substituents is 1. The van der Waals surface area contributed by atoms with Crippen LogP contribution in [0.25, 0.3) is 22.2 Å². The molecule has 4 aromatic heterocycles. The lowest BCUT2D eigenvalue weighted by molar-refractivity contribution is -0.383. The van der Waals surface area contributed by atoms with E-state index in [0.717, 1.165) is 21.6 Å². The van der Waals surface area contributed by atoms with Crippen molar-refractivity contribution in [2.75, 3.05) is 0 Å². The minimum absolute atomic E-state index is 0.0144. The van der Waals surface area contributed by atoms with Crippen molar-refractivity contribution >= 4 is 28.2 Å². The first-order valence-corrected chi connectivity index (χ1v) is 10.1. The van der Waals surface area contributed by atoms with Crippen molar-refractivity contribution in [3.8, 4) is 11.4 Å². The molecule has 9 nitrogen and oxygen atoms in total. The molecule has 0 saturated carbocycles. The van der Waals surface area contributed by atoms with Gasteiger partial charge in [0.2, 0.25) is 0 Å². The largest absolute Gasteiger partial charge is 0.467 e. The Bertz CT molecular complexity index is 1370. The van der Waals surface area contributed by atoms with Crippen LogP contribution in [0.2, 0.25) is 0 Å². The van der Waals surface area contributed by atoms with Gasteiger partial charge in [-0.2, -0.15) is 0 Å². The number of furan rings is 1. The van der Waals surface area contributed by atoms with E-state index in [2.05, 4.69) is 20.2 Å². The Labute approximate surface area is 179 Å². The lowest BCUT2D eigenvalue weighted by Crippen LogP contribution is -2.03. The molecular formula is C21H14N6O3S. The smallest absolute Gasteiger partial charge is 0.278 e. The summed E-state index contributed by atoms with van der Waals surface area (Å²) in [5.74, 6) is 1.41. The average molecular weight is 430 g/mol.